The quantitative estimate of drug-likeness (QED) is 0.708. The molecule has 2 aromatic rings. The Morgan fingerprint density at radius 2 is 1.82 bits per heavy atom. The van der Waals surface area contributed by atoms with Crippen molar-refractivity contribution in [2.24, 2.45) is 0 Å². The predicted molar refractivity (Wildman–Crippen MR) is 105 cm³/mol. The van der Waals surface area contributed by atoms with E-state index in [1.165, 1.54) is 12.1 Å². The van der Waals surface area contributed by atoms with E-state index < -0.39 is 23.4 Å². The summed E-state index contributed by atoms with van der Waals surface area (Å²) in [5.74, 6) is -3.08. The molecule has 1 fully saturated rings. The molecule has 3 rings (SSSR count). The summed E-state index contributed by atoms with van der Waals surface area (Å²) in [6, 6.07) is 5.91. The van der Waals surface area contributed by atoms with Crippen LogP contribution in [0.15, 0.2) is 30.3 Å². The monoisotopic (exact) mass is 393 g/mol. The second kappa shape index (κ2) is 10.1. The van der Waals surface area contributed by atoms with Crippen molar-refractivity contribution in [3.05, 3.63) is 58.9 Å². The number of nitrogens with one attached hydrogen (secondary N) is 3. The molecule has 1 heterocycles. The van der Waals surface area contributed by atoms with Crippen LogP contribution in [0.2, 0.25) is 0 Å². The van der Waals surface area contributed by atoms with Crippen molar-refractivity contribution < 1.29 is 18.0 Å². The SMILES string of the molecule is CC.Cc1ccc(Nc2cc(F)cc(F)c2C(=O)NC2CCCNC2)c(F)c1. The molecule has 4 nitrogen and oxygen atoms in total. The van der Waals surface area contributed by atoms with Crippen LogP contribution in [0.25, 0.3) is 0 Å². The van der Waals surface area contributed by atoms with Crippen LogP contribution in [0.4, 0.5) is 24.5 Å². The second-order valence-corrected chi connectivity index (χ2v) is 6.44. The maximum atomic E-state index is 14.3. The lowest BCUT2D eigenvalue weighted by Crippen LogP contribution is -2.45. The van der Waals surface area contributed by atoms with Crippen LogP contribution in [-0.2, 0) is 0 Å². The third-order valence-electron chi connectivity index (χ3n) is 4.31. The topological polar surface area (TPSA) is 53.2 Å². The van der Waals surface area contributed by atoms with Gasteiger partial charge in [-0.25, -0.2) is 13.2 Å². The van der Waals surface area contributed by atoms with E-state index in [0.717, 1.165) is 25.5 Å². The molecule has 0 aliphatic carbocycles. The molecule has 0 bridgehead atoms. The van der Waals surface area contributed by atoms with Gasteiger partial charge in [0.2, 0.25) is 0 Å². The highest BCUT2D eigenvalue weighted by atomic mass is 19.1. The molecule has 1 amide bonds. The number of rotatable bonds is 4. The molecule has 28 heavy (non-hydrogen) atoms. The summed E-state index contributed by atoms with van der Waals surface area (Å²) in [6.45, 7) is 7.19. The van der Waals surface area contributed by atoms with E-state index in [1.807, 2.05) is 13.8 Å². The zero-order valence-electron chi connectivity index (χ0n) is 16.3. The Morgan fingerprint density at radius 3 is 2.46 bits per heavy atom. The predicted octanol–water partition coefficient (Wildman–Crippen LogP) is 4.66. The van der Waals surface area contributed by atoms with Crippen molar-refractivity contribution in [3.63, 3.8) is 0 Å². The van der Waals surface area contributed by atoms with Gasteiger partial charge in [-0.1, -0.05) is 19.9 Å². The van der Waals surface area contributed by atoms with Crippen LogP contribution in [0.5, 0.6) is 0 Å². The summed E-state index contributed by atoms with van der Waals surface area (Å²) in [4.78, 5) is 12.6. The molecule has 1 atom stereocenters. The summed E-state index contributed by atoms with van der Waals surface area (Å²) in [5, 5.41) is 8.53. The van der Waals surface area contributed by atoms with E-state index in [4.69, 9.17) is 0 Å². The van der Waals surface area contributed by atoms with E-state index in [2.05, 4.69) is 16.0 Å². The number of benzene rings is 2. The van der Waals surface area contributed by atoms with Crippen molar-refractivity contribution in [3.8, 4) is 0 Å². The molecular weight excluding hydrogens is 367 g/mol. The van der Waals surface area contributed by atoms with E-state index in [1.54, 1.807) is 13.0 Å². The van der Waals surface area contributed by atoms with Gasteiger partial charge in [0.05, 0.1) is 16.9 Å². The third-order valence-corrected chi connectivity index (χ3v) is 4.31. The average Bonchev–Trinajstić information content (AvgIpc) is 2.66. The van der Waals surface area contributed by atoms with Gasteiger partial charge in [-0.2, -0.15) is 0 Å². The summed E-state index contributed by atoms with van der Waals surface area (Å²) >= 11 is 0. The van der Waals surface area contributed by atoms with Gasteiger partial charge in [0.15, 0.2) is 0 Å². The Morgan fingerprint density at radius 1 is 1.07 bits per heavy atom. The zero-order chi connectivity index (χ0) is 20.7. The Labute approximate surface area is 163 Å². The number of aryl methyl sites for hydroxylation is 1. The summed E-state index contributed by atoms with van der Waals surface area (Å²) < 4.78 is 42.1. The zero-order valence-corrected chi connectivity index (χ0v) is 16.3. The van der Waals surface area contributed by atoms with Gasteiger partial charge in [-0.15, -0.1) is 0 Å². The smallest absolute Gasteiger partial charge is 0.256 e. The largest absolute Gasteiger partial charge is 0.352 e. The van der Waals surface area contributed by atoms with Crippen LogP contribution >= 0.6 is 0 Å². The molecule has 0 radical (unpaired) electrons. The summed E-state index contributed by atoms with van der Waals surface area (Å²) in [5.41, 5.74) is 0.290. The molecule has 0 aromatic heterocycles. The number of halogens is 3. The van der Waals surface area contributed by atoms with Crippen LogP contribution in [0.1, 0.15) is 42.6 Å². The second-order valence-electron chi connectivity index (χ2n) is 6.44. The van der Waals surface area contributed by atoms with E-state index in [0.29, 0.717) is 18.2 Å². The van der Waals surface area contributed by atoms with Crippen molar-refractivity contribution >= 4 is 17.3 Å². The van der Waals surface area contributed by atoms with Gasteiger partial charge in [0.1, 0.15) is 17.5 Å². The first kappa shape index (κ1) is 21.8. The number of hydrogen-bond donors (Lipinski definition) is 3. The molecule has 1 saturated heterocycles. The normalized spacial score (nSPS) is 16.0. The van der Waals surface area contributed by atoms with Gasteiger partial charge >= 0.3 is 0 Å². The maximum Gasteiger partial charge on any atom is 0.256 e. The molecule has 152 valence electrons. The Kier molecular flexibility index (Phi) is 7.87. The lowest BCUT2D eigenvalue weighted by atomic mass is 10.1. The first-order valence-electron chi connectivity index (χ1n) is 9.48. The third kappa shape index (κ3) is 5.48. The fourth-order valence-corrected chi connectivity index (χ4v) is 3.00. The minimum Gasteiger partial charge on any atom is -0.352 e. The van der Waals surface area contributed by atoms with Crippen molar-refractivity contribution in [2.45, 2.75) is 39.7 Å². The standard InChI is InChI=1S/C19H20F3N3O.C2H6/c1-11-4-5-16(14(21)7-11)25-17-9-12(20)8-15(22)18(17)19(26)24-13-3-2-6-23-10-13;1-2/h4-5,7-9,13,23,25H,2-3,6,10H2,1H3,(H,24,26);1-2H3. The minimum atomic E-state index is -0.999. The van der Waals surface area contributed by atoms with Gasteiger partial charge < -0.3 is 16.0 Å². The van der Waals surface area contributed by atoms with Crippen LogP contribution in [0, 0.1) is 24.4 Å². The van der Waals surface area contributed by atoms with Crippen molar-refractivity contribution in [2.75, 3.05) is 18.4 Å². The van der Waals surface area contributed by atoms with Gasteiger partial charge in [0, 0.05) is 18.7 Å². The number of amides is 1. The van der Waals surface area contributed by atoms with Gasteiger partial charge in [-0.3, -0.25) is 4.79 Å². The van der Waals surface area contributed by atoms with Crippen molar-refractivity contribution in [1.82, 2.24) is 10.6 Å². The number of hydrogen-bond acceptors (Lipinski definition) is 3. The molecule has 1 aliphatic heterocycles. The fraction of sp³-hybridized carbons (Fsp3) is 0.381. The highest BCUT2D eigenvalue weighted by Gasteiger charge is 2.23. The Balaban J connectivity index is 0.00000136. The van der Waals surface area contributed by atoms with Crippen LogP contribution in [-0.4, -0.2) is 25.0 Å². The molecule has 1 aliphatic rings. The summed E-state index contributed by atoms with van der Waals surface area (Å²) in [6.07, 6.45) is 1.67. The average molecular weight is 393 g/mol. The first-order valence-corrected chi connectivity index (χ1v) is 9.48. The Bertz CT molecular complexity index is 821. The lowest BCUT2D eigenvalue weighted by Gasteiger charge is -2.24. The first-order chi connectivity index (χ1) is 13.4. The minimum absolute atomic E-state index is 0.0361. The molecule has 1 unspecified atom stereocenters. The number of carbonyl (C=O) groups excluding carboxylic acids is 1. The molecular formula is C21H26F3N3O. The molecule has 2 aromatic carbocycles. The lowest BCUT2D eigenvalue weighted by molar-refractivity contribution is 0.0927. The molecule has 7 heteroatoms. The highest BCUT2D eigenvalue weighted by molar-refractivity contribution is 6.00. The molecule has 0 spiro atoms. The summed E-state index contributed by atoms with van der Waals surface area (Å²) in [7, 11) is 0. The highest BCUT2D eigenvalue weighted by Crippen LogP contribution is 2.27. The number of piperidine rings is 1. The van der Waals surface area contributed by atoms with Crippen molar-refractivity contribution in [1.29, 1.82) is 0 Å². The van der Waals surface area contributed by atoms with Gasteiger partial charge in [-0.05, 0) is 50.1 Å². The number of anilines is 2. The van der Waals surface area contributed by atoms with E-state index in [9.17, 15) is 18.0 Å². The molecule has 0 saturated carbocycles. The number of carbonyl (C=O) groups is 1. The van der Waals surface area contributed by atoms with Gasteiger partial charge in [0.25, 0.3) is 5.91 Å². The van der Waals surface area contributed by atoms with E-state index >= 15 is 0 Å². The maximum absolute atomic E-state index is 14.3. The van der Waals surface area contributed by atoms with E-state index in [-0.39, 0.29) is 23.0 Å². The fourth-order valence-electron chi connectivity index (χ4n) is 3.00. The van der Waals surface area contributed by atoms with Crippen LogP contribution < -0.4 is 16.0 Å². The van der Waals surface area contributed by atoms with Crippen LogP contribution in [0.3, 0.4) is 0 Å². The Hall–Kier alpha value is -2.54. The molecule has 3 N–H and O–H groups in total.